The van der Waals surface area contributed by atoms with Crippen molar-refractivity contribution >= 4 is 50.7 Å². The van der Waals surface area contributed by atoms with Gasteiger partial charge in [0.2, 0.25) is 0 Å². The summed E-state index contributed by atoms with van der Waals surface area (Å²) >= 11 is 5.75. The maximum atomic E-state index is 13.3. The molecule has 2 aromatic carbocycles. The monoisotopic (exact) mass is 521 g/mol. The van der Waals surface area contributed by atoms with Gasteiger partial charge in [0.25, 0.3) is 0 Å². The number of hydrogen-bond acceptors (Lipinski definition) is 6. The minimum absolute atomic E-state index is 0.0374. The Morgan fingerprint density at radius 2 is 1.84 bits per heavy atom. The summed E-state index contributed by atoms with van der Waals surface area (Å²) in [6.07, 6.45) is -1.63. The number of nitrogens with one attached hydrogen (secondary N) is 1. The number of aromatic nitrogens is 5. The van der Waals surface area contributed by atoms with Crippen LogP contribution in [-0.2, 0) is 6.18 Å². The fourth-order valence-corrected chi connectivity index (χ4v) is 4.17. The van der Waals surface area contributed by atoms with Crippen LogP contribution in [0, 0.1) is 11.8 Å². The molecule has 0 amide bonds. The molecule has 0 unspecified atom stereocenters. The summed E-state index contributed by atoms with van der Waals surface area (Å²) in [4.78, 5) is 12.7. The van der Waals surface area contributed by atoms with Gasteiger partial charge in [-0.3, -0.25) is 0 Å². The Kier molecular flexibility index (Phi) is 6.09. The summed E-state index contributed by atoms with van der Waals surface area (Å²) < 4.78 is 41.6. The maximum Gasteiger partial charge on any atom is 0.417 e. The van der Waals surface area contributed by atoms with E-state index in [4.69, 9.17) is 17.3 Å². The van der Waals surface area contributed by atoms with Gasteiger partial charge in [0.05, 0.1) is 16.0 Å². The lowest BCUT2D eigenvalue weighted by Gasteiger charge is -2.13. The van der Waals surface area contributed by atoms with Crippen molar-refractivity contribution in [1.29, 1.82) is 0 Å². The summed E-state index contributed by atoms with van der Waals surface area (Å²) in [6.45, 7) is 3.96. The first-order chi connectivity index (χ1) is 17.6. The van der Waals surface area contributed by atoms with E-state index in [0.717, 1.165) is 11.5 Å². The summed E-state index contributed by atoms with van der Waals surface area (Å²) in [5.74, 6) is 6.90. The Balaban J connectivity index is 1.57. The first kappa shape index (κ1) is 24.3. The lowest BCUT2D eigenvalue weighted by Crippen LogP contribution is -2.06. The number of nitrogen functional groups attached to an aromatic ring is 1. The lowest BCUT2D eigenvalue weighted by atomic mass is 10.1. The van der Waals surface area contributed by atoms with E-state index in [0.29, 0.717) is 33.5 Å². The molecule has 0 aliphatic carbocycles. The highest BCUT2D eigenvalue weighted by atomic mass is 35.5. The molecular formula is C26H19ClF3N7. The Labute approximate surface area is 214 Å². The second kappa shape index (κ2) is 9.26. The van der Waals surface area contributed by atoms with Crippen molar-refractivity contribution in [3.63, 3.8) is 0 Å². The molecule has 5 aromatic rings. The molecule has 0 fully saturated rings. The van der Waals surface area contributed by atoms with Gasteiger partial charge in [-0.05, 0) is 50.1 Å². The van der Waals surface area contributed by atoms with E-state index in [2.05, 4.69) is 37.2 Å². The SMILES string of the molecule is CC(C)n1nc(C#Cc2cccc3c(Nc4ccc(Cl)c(C(F)(F)F)c4)nccc23)c2c(N)ncnc21. The molecule has 0 bridgehead atoms. The van der Waals surface area contributed by atoms with E-state index in [9.17, 15) is 13.2 Å². The zero-order chi connectivity index (χ0) is 26.3. The van der Waals surface area contributed by atoms with Crippen molar-refractivity contribution in [3.05, 3.63) is 76.8 Å². The third-order valence-electron chi connectivity index (χ3n) is 5.66. The van der Waals surface area contributed by atoms with Crippen LogP contribution in [0.4, 0.5) is 30.5 Å². The van der Waals surface area contributed by atoms with Gasteiger partial charge in [-0.15, -0.1) is 0 Å². The van der Waals surface area contributed by atoms with Crippen LogP contribution in [0.5, 0.6) is 0 Å². The van der Waals surface area contributed by atoms with Crippen LogP contribution >= 0.6 is 11.6 Å². The van der Waals surface area contributed by atoms with E-state index in [1.54, 1.807) is 23.0 Å². The number of rotatable bonds is 3. The number of nitrogens with two attached hydrogens (primary N) is 1. The predicted molar refractivity (Wildman–Crippen MR) is 138 cm³/mol. The minimum atomic E-state index is -4.58. The van der Waals surface area contributed by atoms with Crippen LogP contribution in [0.2, 0.25) is 5.02 Å². The average Bonchev–Trinajstić information content (AvgIpc) is 3.24. The Hall–Kier alpha value is -4.36. The van der Waals surface area contributed by atoms with Crippen molar-refractivity contribution in [2.45, 2.75) is 26.1 Å². The third kappa shape index (κ3) is 4.61. The highest BCUT2D eigenvalue weighted by Gasteiger charge is 2.33. The quantitative estimate of drug-likeness (QED) is 0.268. The number of anilines is 3. The molecule has 0 atom stereocenters. The highest BCUT2D eigenvalue weighted by molar-refractivity contribution is 6.31. The van der Waals surface area contributed by atoms with Gasteiger partial charge in [0, 0.05) is 34.3 Å². The number of benzene rings is 2. The molecule has 37 heavy (non-hydrogen) atoms. The van der Waals surface area contributed by atoms with Crippen LogP contribution in [0.3, 0.4) is 0 Å². The summed E-state index contributed by atoms with van der Waals surface area (Å²) in [7, 11) is 0. The number of hydrogen-bond donors (Lipinski definition) is 2. The van der Waals surface area contributed by atoms with Crippen molar-refractivity contribution in [3.8, 4) is 11.8 Å². The summed E-state index contributed by atoms with van der Waals surface area (Å²) in [5, 5.41) is 9.20. The number of pyridine rings is 1. The minimum Gasteiger partial charge on any atom is -0.383 e. The fourth-order valence-electron chi connectivity index (χ4n) is 3.94. The Bertz CT molecular complexity index is 1720. The molecule has 3 aromatic heterocycles. The van der Waals surface area contributed by atoms with Crippen molar-refractivity contribution in [1.82, 2.24) is 24.7 Å². The summed E-state index contributed by atoms with van der Waals surface area (Å²) in [5.41, 5.74) is 7.11. The van der Waals surface area contributed by atoms with Gasteiger partial charge >= 0.3 is 6.18 Å². The topological polar surface area (TPSA) is 94.5 Å². The molecule has 0 aliphatic rings. The van der Waals surface area contributed by atoms with Gasteiger partial charge in [-0.1, -0.05) is 29.7 Å². The first-order valence-electron chi connectivity index (χ1n) is 11.2. The third-order valence-corrected chi connectivity index (χ3v) is 5.99. The molecule has 0 saturated heterocycles. The molecule has 3 N–H and O–H groups in total. The maximum absolute atomic E-state index is 13.3. The van der Waals surface area contributed by atoms with Crippen LogP contribution < -0.4 is 11.1 Å². The number of halogens is 4. The largest absolute Gasteiger partial charge is 0.417 e. The van der Waals surface area contributed by atoms with Crippen LogP contribution in [0.25, 0.3) is 21.8 Å². The molecule has 0 aliphatic heterocycles. The van der Waals surface area contributed by atoms with Crippen molar-refractivity contribution in [2.24, 2.45) is 0 Å². The number of alkyl halides is 3. The molecule has 7 nitrogen and oxygen atoms in total. The Morgan fingerprint density at radius 1 is 1.03 bits per heavy atom. The van der Waals surface area contributed by atoms with Crippen molar-refractivity contribution < 1.29 is 13.2 Å². The highest BCUT2D eigenvalue weighted by Crippen LogP contribution is 2.37. The van der Waals surface area contributed by atoms with Gasteiger partial charge in [0.1, 0.15) is 23.7 Å². The predicted octanol–water partition coefficient (Wildman–Crippen LogP) is 6.35. The fraction of sp³-hybridized carbons (Fsp3) is 0.154. The zero-order valence-corrected chi connectivity index (χ0v) is 20.4. The molecule has 186 valence electrons. The van der Waals surface area contributed by atoms with Gasteiger partial charge < -0.3 is 11.1 Å². The molecule has 0 spiro atoms. The lowest BCUT2D eigenvalue weighted by molar-refractivity contribution is -0.137. The van der Waals surface area contributed by atoms with Gasteiger partial charge in [-0.2, -0.15) is 18.3 Å². The number of nitrogens with zero attached hydrogens (tertiary/aromatic N) is 5. The van der Waals surface area contributed by atoms with Crippen LogP contribution in [0.1, 0.15) is 36.7 Å². The molecule has 3 heterocycles. The van der Waals surface area contributed by atoms with E-state index in [-0.39, 0.29) is 22.6 Å². The summed E-state index contributed by atoms with van der Waals surface area (Å²) in [6, 6.07) is 10.9. The van der Waals surface area contributed by atoms with Gasteiger partial charge in [-0.25, -0.2) is 19.6 Å². The van der Waals surface area contributed by atoms with E-state index >= 15 is 0 Å². The average molecular weight is 522 g/mol. The smallest absolute Gasteiger partial charge is 0.383 e. The van der Waals surface area contributed by atoms with Crippen molar-refractivity contribution in [2.75, 3.05) is 11.1 Å². The van der Waals surface area contributed by atoms with E-state index < -0.39 is 11.7 Å². The van der Waals surface area contributed by atoms with Crippen LogP contribution in [-0.4, -0.2) is 24.7 Å². The first-order valence-corrected chi connectivity index (χ1v) is 11.5. The zero-order valence-electron chi connectivity index (χ0n) is 19.6. The standard InChI is InChI=1S/C26H19ClF3N7/c1-14(2)37-25-22(23(31)33-13-34-25)21(36-37)9-6-15-4-3-5-18-17(15)10-11-32-24(18)35-16-7-8-20(27)19(12-16)26(28,29)30/h3-5,7-8,10-14H,1-2H3,(H,32,35)(H2,31,33,34). The number of fused-ring (bicyclic) bond motifs is 2. The van der Waals surface area contributed by atoms with Gasteiger partial charge in [0.15, 0.2) is 5.65 Å². The Morgan fingerprint density at radius 3 is 2.59 bits per heavy atom. The molecule has 0 radical (unpaired) electrons. The molecular weight excluding hydrogens is 503 g/mol. The second-order valence-electron chi connectivity index (χ2n) is 8.47. The molecule has 11 heteroatoms. The normalized spacial score (nSPS) is 11.6. The van der Waals surface area contributed by atoms with E-state index in [1.807, 2.05) is 26.0 Å². The molecule has 5 rings (SSSR count). The molecule has 0 saturated carbocycles. The van der Waals surface area contributed by atoms with Crippen LogP contribution in [0.15, 0.2) is 55.0 Å². The second-order valence-corrected chi connectivity index (χ2v) is 8.88. The van der Waals surface area contributed by atoms with E-state index in [1.165, 1.54) is 18.5 Å².